The molecule has 2 aromatic heterocycles. The number of likely N-dealkylation sites (tertiary alicyclic amines) is 1. The zero-order valence-electron chi connectivity index (χ0n) is 14.4. The molecule has 7 nitrogen and oxygen atoms in total. The Morgan fingerprint density at radius 1 is 1.12 bits per heavy atom. The fourth-order valence-corrected chi connectivity index (χ4v) is 3.66. The van der Waals surface area contributed by atoms with Crippen molar-refractivity contribution >= 4 is 5.97 Å². The van der Waals surface area contributed by atoms with Crippen molar-refractivity contribution in [2.75, 3.05) is 13.1 Å². The predicted molar refractivity (Wildman–Crippen MR) is 95.9 cm³/mol. The summed E-state index contributed by atoms with van der Waals surface area (Å²) in [6, 6.07) is 12.0. The van der Waals surface area contributed by atoms with Gasteiger partial charge in [0.1, 0.15) is 5.54 Å². The van der Waals surface area contributed by atoms with Crippen molar-refractivity contribution in [1.82, 2.24) is 24.2 Å². The van der Waals surface area contributed by atoms with Crippen molar-refractivity contribution in [2.45, 2.75) is 24.9 Å². The van der Waals surface area contributed by atoms with Gasteiger partial charge >= 0.3 is 5.97 Å². The SMILES string of the molecule is O=C(O)C1(n2ccnc2)CCN(Cc2ccnn2-c2ccccc2)CC1. The zero-order chi connectivity index (χ0) is 18.0. The zero-order valence-corrected chi connectivity index (χ0v) is 14.4. The molecule has 4 rings (SSSR count). The molecule has 0 spiro atoms. The summed E-state index contributed by atoms with van der Waals surface area (Å²) < 4.78 is 3.68. The smallest absolute Gasteiger partial charge is 0.330 e. The van der Waals surface area contributed by atoms with Crippen LogP contribution in [0.2, 0.25) is 0 Å². The minimum absolute atomic E-state index is 0.554. The molecule has 0 amide bonds. The number of nitrogens with zero attached hydrogens (tertiary/aromatic N) is 5. The molecule has 0 unspecified atom stereocenters. The van der Waals surface area contributed by atoms with Gasteiger partial charge in [0.05, 0.1) is 17.7 Å². The Kier molecular flexibility index (Phi) is 4.30. The molecular formula is C19H21N5O2. The second-order valence-electron chi connectivity index (χ2n) is 6.65. The summed E-state index contributed by atoms with van der Waals surface area (Å²) in [6.45, 7) is 2.17. The number of aromatic nitrogens is 4. The lowest BCUT2D eigenvalue weighted by Crippen LogP contribution is -2.50. The molecule has 1 aliphatic rings. The van der Waals surface area contributed by atoms with E-state index in [0.29, 0.717) is 25.9 Å². The highest BCUT2D eigenvalue weighted by molar-refractivity contribution is 5.77. The number of carboxylic acids is 1. The Balaban J connectivity index is 1.48. The molecule has 3 heterocycles. The second-order valence-corrected chi connectivity index (χ2v) is 6.65. The first kappa shape index (κ1) is 16.5. The number of carbonyl (C=O) groups is 1. The van der Waals surface area contributed by atoms with Gasteiger partial charge in [-0.25, -0.2) is 14.5 Å². The highest BCUT2D eigenvalue weighted by Gasteiger charge is 2.43. The molecular weight excluding hydrogens is 330 g/mol. The molecule has 3 aromatic rings. The summed E-state index contributed by atoms with van der Waals surface area (Å²) >= 11 is 0. The average Bonchev–Trinajstić information content (AvgIpc) is 3.35. The Hall–Kier alpha value is -2.93. The Labute approximate surface area is 151 Å². The van der Waals surface area contributed by atoms with E-state index in [9.17, 15) is 9.90 Å². The van der Waals surface area contributed by atoms with Crippen LogP contribution in [0.1, 0.15) is 18.5 Å². The van der Waals surface area contributed by atoms with Gasteiger partial charge in [-0.3, -0.25) is 4.90 Å². The van der Waals surface area contributed by atoms with Gasteiger partial charge in [-0.1, -0.05) is 18.2 Å². The van der Waals surface area contributed by atoms with Crippen LogP contribution < -0.4 is 0 Å². The maximum absolute atomic E-state index is 12.0. The van der Waals surface area contributed by atoms with E-state index in [1.165, 1.54) is 0 Å². The van der Waals surface area contributed by atoms with Crippen LogP contribution in [0.25, 0.3) is 5.69 Å². The Morgan fingerprint density at radius 3 is 2.54 bits per heavy atom. The van der Waals surface area contributed by atoms with Crippen LogP contribution in [0, 0.1) is 0 Å². The fourth-order valence-electron chi connectivity index (χ4n) is 3.66. The van der Waals surface area contributed by atoms with E-state index in [1.807, 2.05) is 41.1 Å². The van der Waals surface area contributed by atoms with Crippen LogP contribution in [0.5, 0.6) is 0 Å². The standard InChI is InChI=1S/C19H21N5O2/c25-18(26)19(23-13-10-20-15-23)7-11-22(12-8-19)14-17-6-9-21-24(17)16-4-2-1-3-5-16/h1-6,9-10,13,15H,7-8,11-12,14H2,(H,25,26). The first-order valence-electron chi connectivity index (χ1n) is 8.71. The lowest BCUT2D eigenvalue weighted by atomic mass is 9.87. The summed E-state index contributed by atoms with van der Waals surface area (Å²) in [4.78, 5) is 18.3. The van der Waals surface area contributed by atoms with Crippen LogP contribution in [0.3, 0.4) is 0 Å². The third-order valence-corrected chi connectivity index (χ3v) is 5.19. The minimum Gasteiger partial charge on any atom is -0.479 e. The fraction of sp³-hybridized carbons (Fsp3) is 0.316. The maximum atomic E-state index is 12.0. The highest BCUT2D eigenvalue weighted by Crippen LogP contribution is 2.31. The lowest BCUT2D eigenvalue weighted by Gasteiger charge is -2.39. The predicted octanol–water partition coefficient (Wildman–Crippen LogP) is 2.14. The summed E-state index contributed by atoms with van der Waals surface area (Å²) in [6.07, 6.45) is 7.90. The molecule has 1 aromatic carbocycles. The third-order valence-electron chi connectivity index (χ3n) is 5.19. The van der Waals surface area contributed by atoms with Crippen molar-refractivity contribution in [3.05, 3.63) is 67.0 Å². The number of para-hydroxylation sites is 1. The number of imidazole rings is 1. The largest absolute Gasteiger partial charge is 0.479 e. The summed E-state index contributed by atoms with van der Waals surface area (Å²) in [5, 5.41) is 14.2. The van der Waals surface area contributed by atoms with E-state index < -0.39 is 11.5 Å². The minimum atomic E-state index is -0.896. The molecule has 0 saturated carbocycles. The van der Waals surface area contributed by atoms with E-state index in [1.54, 1.807) is 29.5 Å². The molecule has 1 N–H and O–H groups in total. The summed E-state index contributed by atoms with van der Waals surface area (Å²) in [5.74, 6) is -0.788. The Bertz CT molecular complexity index is 864. The van der Waals surface area contributed by atoms with Crippen LogP contribution in [0.4, 0.5) is 0 Å². The number of hydrogen-bond donors (Lipinski definition) is 1. The first-order valence-corrected chi connectivity index (χ1v) is 8.71. The van der Waals surface area contributed by atoms with Crippen molar-refractivity contribution in [3.63, 3.8) is 0 Å². The van der Waals surface area contributed by atoms with Gasteiger partial charge in [-0.05, 0) is 31.0 Å². The van der Waals surface area contributed by atoms with Gasteiger partial charge in [0.2, 0.25) is 0 Å². The topological polar surface area (TPSA) is 76.2 Å². The second kappa shape index (κ2) is 6.76. The first-order chi connectivity index (χ1) is 12.7. The molecule has 1 fully saturated rings. The average molecular weight is 351 g/mol. The molecule has 7 heteroatoms. The van der Waals surface area contributed by atoms with Crippen LogP contribution >= 0.6 is 0 Å². The van der Waals surface area contributed by atoms with Crippen LogP contribution in [-0.4, -0.2) is 48.4 Å². The molecule has 0 atom stereocenters. The quantitative estimate of drug-likeness (QED) is 0.762. The van der Waals surface area contributed by atoms with Gasteiger partial charge in [-0.2, -0.15) is 5.10 Å². The third kappa shape index (κ3) is 2.90. The van der Waals surface area contributed by atoms with E-state index in [-0.39, 0.29) is 0 Å². The van der Waals surface area contributed by atoms with Gasteiger partial charge in [-0.15, -0.1) is 0 Å². The number of rotatable bonds is 5. The van der Waals surface area contributed by atoms with Gasteiger partial charge in [0.25, 0.3) is 0 Å². The van der Waals surface area contributed by atoms with Crippen molar-refractivity contribution in [1.29, 1.82) is 0 Å². The monoisotopic (exact) mass is 351 g/mol. The number of carboxylic acid groups (broad SMARTS) is 1. The molecule has 1 saturated heterocycles. The molecule has 134 valence electrons. The van der Waals surface area contributed by atoms with E-state index in [2.05, 4.69) is 15.0 Å². The maximum Gasteiger partial charge on any atom is 0.330 e. The van der Waals surface area contributed by atoms with E-state index in [0.717, 1.165) is 17.9 Å². The summed E-state index contributed by atoms with van der Waals surface area (Å²) in [7, 11) is 0. The van der Waals surface area contributed by atoms with E-state index >= 15 is 0 Å². The van der Waals surface area contributed by atoms with Gasteiger partial charge in [0.15, 0.2) is 0 Å². The van der Waals surface area contributed by atoms with Crippen molar-refractivity contribution in [2.24, 2.45) is 0 Å². The number of piperidine rings is 1. The van der Waals surface area contributed by atoms with E-state index in [4.69, 9.17) is 0 Å². The molecule has 1 aliphatic heterocycles. The molecule has 0 aliphatic carbocycles. The molecule has 0 radical (unpaired) electrons. The molecule has 0 bridgehead atoms. The molecule has 26 heavy (non-hydrogen) atoms. The highest BCUT2D eigenvalue weighted by atomic mass is 16.4. The van der Waals surface area contributed by atoms with Crippen molar-refractivity contribution in [3.8, 4) is 5.69 Å². The van der Waals surface area contributed by atoms with Crippen molar-refractivity contribution < 1.29 is 9.90 Å². The number of benzene rings is 1. The van der Waals surface area contributed by atoms with Crippen LogP contribution in [-0.2, 0) is 16.9 Å². The normalized spacial score (nSPS) is 17.2. The number of aliphatic carboxylic acids is 1. The summed E-state index contributed by atoms with van der Waals surface area (Å²) in [5.41, 5.74) is 1.23. The number of hydrogen-bond acceptors (Lipinski definition) is 4. The van der Waals surface area contributed by atoms with Gasteiger partial charge in [0, 0.05) is 38.2 Å². The lowest BCUT2D eigenvalue weighted by molar-refractivity contribution is -0.150. The Morgan fingerprint density at radius 2 is 1.88 bits per heavy atom. The van der Waals surface area contributed by atoms with Gasteiger partial charge < -0.3 is 9.67 Å². The van der Waals surface area contributed by atoms with Crippen LogP contribution in [0.15, 0.2) is 61.3 Å².